The molecule has 1 aliphatic heterocycles. The Morgan fingerprint density at radius 3 is 2.14 bits per heavy atom. The predicted octanol–water partition coefficient (Wildman–Crippen LogP) is 4.68. The highest BCUT2D eigenvalue weighted by Crippen LogP contribution is 2.32. The quantitative estimate of drug-likeness (QED) is 0.271. The lowest BCUT2D eigenvalue weighted by Crippen LogP contribution is -2.60. The molecule has 3 heterocycles. The molecule has 0 radical (unpaired) electrons. The molecule has 0 spiro atoms. The minimum atomic E-state index is -4.97. The Bertz CT molecular complexity index is 1700. The standard InChI is InChI=1S/C26H21F6N5O5S2/c27-25(28,29)41-17-3-1-16(2-4-17)13-34-23(38)21-15-36(24-35-20-9-10-33-14-22(20)43-24)11-12-37(21)44(39,40)19-7-5-18(6-8-19)42-26(30,31)32/h1-10,14,21H,11-13,15H2,(H,34,38)/t21-/m1/s1. The van der Waals surface area contributed by atoms with Crippen LogP contribution < -0.4 is 19.7 Å². The number of sulfonamides is 1. The van der Waals surface area contributed by atoms with Crippen molar-refractivity contribution in [3.8, 4) is 11.5 Å². The summed E-state index contributed by atoms with van der Waals surface area (Å²) in [6.07, 6.45) is -6.65. The second kappa shape index (κ2) is 12.1. The summed E-state index contributed by atoms with van der Waals surface area (Å²) in [4.78, 5) is 23.5. The van der Waals surface area contributed by atoms with Gasteiger partial charge in [0.05, 0.1) is 15.1 Å². The van der Waals surface area contributed by atoms with E-state index in [1.807, 2.05) is 0 Å². The third kappa shape index (κ3) is 7.48. The first-order valence-corrected chi connectivity index (χ1v) is 14.9. The van der Waals surface area contributed by atoms with E-state index < -0.39 is 46.2 Å². The highest BCUT2D eigenvalue weighted by molar-refractivity contribution is 7.89. The van der Waals surface area contributed by atoms with Gasteiger partial charge in [-0.25, -0.2) is 13.4 Å². The van der Waals surface area contributed by atoms with Gasteiger partial charge in [0.2, 0.25) is 15.9 Å². The number of benzene rings is 2. The molecule has 5 rings (SSSR count). The number of anilines is 1. The predicted molar refractivity (Wildman–Crippen MR) is 145 cm³/mol. The van der Waals surface area contributed by atoms with E-state index in [4.69, 9.17) is 0 Å². The number of ether oxygens (including phenoxy) is 2. The molecule has 1 aliphatic rings. The second-order valence-electron chi connectivity index (χ2n) is 9.35. The molecule has 0 aliphatic carbocycles. The van der Waals surface area contributed by atoms with Gasteiger partial charge in [0.15, 0.2) is 5.13 Å². The molecule has 0 saturated carbocycles. The van der Waals surface area contributed by atoms with Crippen LogP contribution in [-0.4, -0.2) is 67.0 Å². The van der Waals surface area contributed by atoms with E-state index in [1.54, 1.807) is 23.4 Å². The normalized spacial score (nSPS) is 16.6. The second-order valence-corrected chi connectivity index (χ2v) is 12.2. The minimum absolute atomic E-state index is 0.119. The van der Waals surface area contributed by atoms with E-state index >= 15 is 0 Å². The lowest BCUT2D eigenvalue weighted by atomic mass is 10.1. The van der Waals surface area contributed by atoms with Crippen LogP contribution in [0.5, 0.6) is 11.5 Å². The number of rotatable bonds is 8. The summed E-state index contributed by atoms with van der Waals surface area (Å²) in [7, 11) is -4.39. The van der Waals surface area contributed by atoms with Crippen LogP contribution in [0.15, 0.2) is 71.9 Å². The fraction of sp³-hybridized carbons (Fsp3) is 0.269. The number of amides is 1. The average Bonchev–Trinajstić information content (AvgIpc) is 3.39. The summed E-state index contributed by atoms with van der Waals surface area (Å²) < 4.78 is 112. The fourth-order valence-corrected chi connectivity index (χ4v) is 6.95. The van der Waals surface area contributed by atoms with Crippen LogP contribution in [0, 0.1) is 0 Å². The Morgan fingerprint density at radius 2 is 1.55 bits per heavy atom. The van der Waals surface area contributed by atoms with Crippen molar-refractivity contribution in [3.05, 3.63) is 72.6 Å². The molecule has 44 heavy (non-hydrogen) atoms. The van der Waals surface area contributed by atoms with Gasteiger partial charge in [0.1, 0.15) is 17.5 Å². The summed E-state index contributed by atoms with van der Waals surface area (Å²) in [6.45, 7) is -0.289. The number of halogens is 6. The number of nitrogens with zero attached hydrogens (tertiary/aromatic N) is 4. The highest BCUT2D eigenvalue weighted by atomic mass is 32.2. The number of carbonyl (C=O) groups is 1. The first-order chi connectivity index (χ1) is 20.7. The van der Waals surface area contributed by atoms with Crippen LogP contribution in [-0.2, 0) is 21.4 Å². The van der Waals surface area contributed by atoms with Gasteiger partial charge in [0, 0.05) is 38.6 Å². The summed E-state index contributed by atoms with van der Waals surface area (Å²) in [5.41, 5.74) is 1.07. The van der Waals surface area contributed by atoms with Gasteiger partial charge < -0.3 is 19.7 Å². The largest absolute Gasteiger partial charge is 0.573 e. The van der Waals surface area contributed by atoms with Crippen LogP contribution in [0.4, 0.5) is 31.5 Å². The van der Waals surface area contributed by atoms with Crippen molar-refractivity contribution < 1.29 is 49.0 Å². The van der Waals surface area contributed by atoms with E-state index in [0.717, 1.165) is 45.4 Å². The summed E-state index contributed by atoms with van der Waals surface area (Å²) in [5, 5.41) is 3.14. The van der Waals surface area contributed by atoms with Crippen molar-refractivity contribution in [2.75, 3.05) is 24.5 Å². The van der Waals surface area contributed by atoms with Crippen LogP contribution in [0.1, 0.15) is 5.56 Å². The SMILES string of the molecule is O=C(NCc1ccc(OC(F)(F)F)cc1)[C@H]1CN(c2nc3ccncc3s2)CCN1S(=O)(=O)c1ccc(OC(F)(F)F)cc1. The smallest absolute Gasteiger partial charge is 0.406 e. The molecule has 2 aromatic heterocycles. The van der Waals surface area contributed by atoms with Crippen LogP contribution in [0.25, 0.3) is 10.2 Å². The lowest BCUT2D eigenvalue weighted by molar-refractivity contribution is -0.275. The summed E-state index contributed by atoms with van der Waals surface area (Å²) in [6, 6.07) is 8.76. The van der Waals surface area contributed by atoms with Crippen molar-refractivity contribution in [3.63, 3.8) is 0 Å². The van der Waals surface area contributed by atoms with Gasteiger partial charge in [-0.2, -0.15) is 4.31 Å². The molecule has 0 bridgehead atoms. The molecule has 18 heteroatoms. The van der Waals surface area contributed by atoms with Crippen LogP contribution in [0.3, 0.4) is 0 Å². The van der Waals surface area contributed by atoms with E-state index in [1.165, 1.54) is 23.5 Å². The maximum absolute atomic E-state index is 13.6. The van der Waals surface area contributed by atoms with E-state index in [2.05, 4.69) is 24.8 Å². The molecule has 10 nitrogen and oxygen atoms in total. The van der Waals surface area contributed by atoms with Gasteiger partial charge in [0.25, 0.3) is 0 Å². The fourth-order valence-electron chi connectivity index (χ4n) is 4.41. The van der Waals surface area contributed by atoms with Crippen LogP contribution in [0.2, 0.25) is 0 Å². The monoisotopic (exact) mass is 661 g/mol. The minimum Gasteiger partial charge on any atom is -0.406 e. The average molecular weight is 662 g/mol. The van der Waals surface area contributed by atoms with Crippen molar-refractivity contribution in [2.24, 2.45) is 0 Å². The number of aromatic nitrogens is 2. The maximum atomic E-state index is 13.6. The molecule has 234 valence electrons. The molecular weight excluding hydrogens is 640 g/mol. The Balaban J connectivity index is 1.37. The first-order valence-electron chi connectivity index (χ1n) is 12.6. The molecule has 1 N–H and O–H groups in total. The van der Waals surface area contributed by atoms with E-state index in [9.17, 15) is 39.6 Å². The van der Waals surface area contributed by atoms with Crippen LogP contribution >= 0.6 is 11.3 Å². The molecular formula is C26H21F6N5O5S2. The number of pyridine rings is 1. The highest BCUT2D eigenvalue weighted by Gasteiger charge is 2.41. The zero-order chi connectivity index (χ0) is 31.7. The maximum Gasteiger partial charge on any atom is 0.573 e. The third-order valence-electron chi connectivity index (χ3n) is 6.37. The van der Waals surface area contributed by atoms with Gasteiger partial charge in [-0.1, -0.05) is 23.5 Å². The number of alkyl halides is 6. The molecule has 1 saturated heterocycles. The summed E-state index contributed by atoms with van der Waals surface area (Å²) >= 11 is 1.30. The molecule has 2 aromatic carbocycles. The van der Waals surface area contributed by atoms with E-state index in [-0.39, 0.29) is 31.1 Å². The first kappa shape index (κ1) is 31.3. The Morgan fingerprint density at radius 1 is 0.932 bits per heavy atom. The molecule has 4 aromatic rings. The van der Waals surface area contributed by atoms with Crippen molar-refractivity contribution in [2.45, 2.75) is 30.2 Å². The molecule has 1 atom stereocenters. The Labute approximate surface area is 249 Å². The Hall–Kier alpha value is -4.16. The van der Waals surface area contributed by atoms with Crippen molar-refractivity contribution in [1.29, 1.82) is 0 Å². The van der Waals surface area contributed by atoms with Gasteiger partial charge >= 0.3 is 12.7 Å². The molecule has 1 fully saturated rings. The van der Waals surface area contributed by atoms with Crippen molar-refractivity contribution >= 4 is 42.6 Å². The Kier molecular flexibility index (Phi) is 8.59. The van der Waals surface area contributed by atoms with Gasteiger partial charge in [-0.3, -0.25) is 9.78 Å². The summed E-state index contributed by atoms with van der Waals surface area (Å²) in [5.74, 6) is -1.79. The number of nitrogens with one attached hydrogen (secondary N) is 1. The number of hydrogen-bond acceptors (Lipinski definition) is 9. The number of fused-ring (bicyclic) bond motifs is 1. The topological polar surface area (TPSA) is 114 Å². The third-order valence-corrected chi connectivity index (χ3v) is 9.36. The lowest BCUT2D eigenvalue weighted by Gasteiger charge is -2.39. The molecule has 0 unspecified atom stereocenters. The zero-order valence-electron chi connectivity index (χ0n) is 22.2. The number of carbonyl (C=O) groups excluding carboxylic acids is 1. The zero-order valence-corrected chi connectivity index (χ0v) is 23.8. The number of hydrogen-bond donors (Lipinski definition) is 1. The van der Waals surface area contributed by atoms with Gasteiger partial charge in [-0.05, 0) is 48.0 Å². The van der Waals surface area contributed by atoms with Gasteiger partial charge in [-0.15, -0.1) is 26.3 Å². The number of thiazole rings is 1. The molecule has 1 amide bonds. The van der Waals surface area contributed by atoms with E-state index in [0.29, 0.717) is 16.2 Å². The van der Waals surface area contributed by atoms with Crippen molar-refractivity contribution in [1.82, 2.24) is 19.6 Å². The number of piperazine rings is 1.